The van der Waals surface area contributed by atoms with Crippen molar-refractivity contribution in [1.82, 2.24) is 10.2 Å². The summed E-state index contributed by atoms with van der Waals surface area (Å²) in [6.07, 6.45) is 5.17. The van der Waals surface area contributed by atoms with Gasteiger partial charge in [-0.2, -0.15) is 0 Å². The summed E-state index contributed by atoms with van der Waals surface area (Å²) < 4.78 is 5.75. The van der Waals surface area contributed by atoms with E-state index < -0.39 is 6.04 Å². The molecule has 1 saturated carbocycles. The van der Waals surface area contributed by atoms with Crippen LogP contribution in [-0.2, 0) is 16.1 Å². The average molecular weight is 457 g/mol. The maximum absolute atomic E-state index is 13.1. The molecule has 6 heteroatoms. The van der Waals surface area contributed by atoms with Crippen molar-refractivity contribution in [3.05, 3.63) is 64.7 Å². The van der Waals surface area contributed by atoms with E-state index in [-0.39, 0.29) is 17.9 Å². The second-order valence-electron chi connectivity index (χ2n) is 8.54. The van der Waals surface area contributed by atoms with Gasteiger partial charge in [0.1, 0.15) is 11.8 Å². The molecular formula is C26H33ClN2O3. The van der Waals surface area contributed by atoms with Crippen LogP contribution in [0.4, 0.5) is 0 Å². The molecule has 0 aliphatic heterocycles. The summed E-state index contributed by atoms with van der Waals surface area (Å²) in [5, 5.41) is 3.71. The summed E-state index contributed by atoms with van der Waals surface area (Å²) in [6, 6.07) is 14.9. The number of hydrogen-bond acceptors (Lipinski definition) is 3. The van der Waals surface area contributed by atoms with Gasteiger partial charge in [0.25, 0.3) is 0 Å². The van der Waals surface area contributed by atoms with E-state index in [0.29, 0.717) is 31.0 Å². The van der Waals surface area contributed by atoms with E-state index in [9.17, 15) is 9.59 Å². The zero-order valence-corrected chi connectivity index (χ0v) is 19.7. The summed E-state index contributed by atoms with van der Waals surface area (Å²) in [7, 11) is 0. The van der Waals surface area contributed by atoms with Crippen molar-refractivity contribution < 1.29 is 14.3 Å². The third-order valence-electron chi connectivity index (χ3n) is 5.99. The Kier molecular flexibility index (Phi) is 8.98. The third-order valence-corrected chi connectivity index (χ3v) is 6.36. The van der Waals surface area contributed by atoms with Crippen LogP contribution in [0.1, 0.15) is 56.6 Å². The molecule has 0 bridgehead atoms. The molecule has 1 fully saturated rings. The first-order valence-corrected chi connectivity index (χ1v) is 11.8. The summed E-state index contributed by atoms with van der Waals surface area (Å²) in [5.74, 6) is 0.611. The van der Waals surface area contributed by atoms with Gasteiger partial charge in [-0.15, -0.1) is 0 Å². The lowest BCUT2D eigenvalue weighted by Crippen LogP contribution is -2.49. The number of nitrogens with one attached hydrogen (secondary N) is 1. The third kappa shape index (κ3) is 6.99. The van der Waals surface area contributed by atoms with E-state index in [1.54, 1.807) is 17.9 Å². The van der Waals surface area contributed by atoms with Crippen LogP contribution < -0.4 is 10.1 Å². The highest BCUT2D eigenvalue weighted by Crippen LogP contribution is 2.21. The van der Waals surface area contributed by atoms with Crippen molar-refractivity contribution in [2.75, 3.05) is 6.61 Å². The minimum atomic E-state index is -0.572. The van der Waals surface area contributed by atoms with Gasteiger partial charge >= 0.3 is 0 Å². The molecule has 1 aliphatic rings. The fraction of sp³-hybridized carbons (Fsp3) is 0.462. The molecule has 2 aromatic carbocycles. The molecule has 1 atom stereocenters. The predicted molar refractivity (Wildman–Crippen MR) is 128 cm³/mol. The van der Waals surface area contributed by atoms with Crippen LogP contribution in [-0.4, -0.2) is 35.4 Å². The van der Waals surface area contributed by atoms with E-state index in [1.807, 2.05) is 49.4 Å². The molecular weight excluding hydrogens is 424 g/mol. The first-order chi connectivity index (χ1) is 15.4. The Morgan fingerprint density at radius 3 is 2.50 bits per heavy atom. The summed E-state index contributed by atoms with van der Waals surface area (Å²) in [4.78, 5) is 27.7. The molecule has 0 radical (unpaired) electrons. The summed E-state index contributed by atoms with van der Waals surface area (Å²) >= 11 is 6.34. The van der Waals surface area contributed by atoms with E-state index in [0.717, 1.165) is 37.0 Å². The molecule has 0 unspecified atom stereocenters. The van der Waals surface area contributed by atoms with Crippen LogP contribution in [0.5, 0.6) is 5.75 Å². The standard InChI is InChI=1S/C26H33ClN2O3/c1-19-13-15-23(16-14-19)32-17-7-12-25(30)29(18-21-8-3-6-11-24(21)27)20(2)26(31)28-22-9-4-5-10-22/h3,6,8,11,13-16,20,22H,4-5,7,9-10,12,17-18H2,1-2H3,(H,28,31)/t20-/m1/s1. The van der Waals surface area contributed by atoms with Gasteiger partial charge in [0.15, 0.2) is 0 Å². The van der Waals surface area contributed by atoms with Crippen molar-refractivity contribution in [3.8, 4) is 5.75 Å². The quantitative estimate of drug-likeness (QED) is 0.494. The molecule has 2 amide bonds. The van der Waals surface area contributed by atoms with Crippen LogP contribution in [0.15, 0.2) is 48.5 Å². The van der Waals surface area contributed by atoms with Crippen molar-refractivity contribution >= 4 is 23.4 Å². The number of carbonyl (C=O) groups excluding carboxylic acids is 2. The van der Waals surface area contributed by atoms with E-state index in [1.165, 1.54) is 5.56 Å². The largest absolute Gasteiger partial charge is 0.494 e. The molecule has 0 spiro atoms. The van der Waals surface area contributed by atoms with Crippen LogP contribution >= 0.6 is 11.6 Å². The first kappa shape index (κ1) is 24.1. The minimum Gasteiger partial charge on any atom is -0.494 e. The molecule has 0 aromatic heterocycles. The highest BCUT2D eigenvalue weighted by molar-refractivity contribution is 6.31. The van der Waals surface area contributed by atoms with Crippen molar-refractivity contribution in [2.24, 2.45) is 0 Å². The van der Waals surface area contributed by atoms with Gasteiger partial charge < -0.3 is 15.0 Å². The highest BCUT2D eigenvalue weighted by atomic mass is 35.5. The number of rotatable bonds is 10. The number of nitrogens with zero attached hydrogens (tertiary/aromatic N) is 1. The van der Waals surface area contributed by atoms with Gasteiger partial charge in [-0.1, -0.05) is 60.3 Å². The SMILES string of the molecule is Cc1ccc(OCCCC(=O)N(Cc2ccccc2Cl)[C@H](C)C(=O)NC2CCCC2)cc1. The Labute approximate surface area is 196 Å². The number of aryl methyl sites for hydroxylation is 1. The lowest BCUT2D eigenvalue weighted by Gasteiger charge is -2.30. The maximum atomic E-state index is 13.1. The number of carbonyl (C=O) groups is 2. The Hall–Kier alpha value is -2.53. The number of hydrogen-bond donors (Lipinski definition) is 1. The van der Waals surface area contributed by atoms with Gasteiger partial charge in [0.2, 0.25) is 11.8 Å². The smallest absolute Gasteiger partial charge is 0.242 e. The Morgan fingerprint density at radius 2 is 1.81 bits per heavy atom. The van der Waals surface area contributed by atoms with Crippen LogP contribution in [0.3, 0.4) is 0 Å². The van der Waals surface area contributed by atoms with E-state index in [2.05, 4.69) is 5.32 Å². The summed E-state index contributed by atoms with van der Waals surface area (Å²) in [6.45, 7) is 4.57. The molecule has 32 heavy (non-hydrogen) atoms. The van der Waals surface area contributed by atoms with E-state index in [4.69, 9.17) is 16.3 Å². The molecule has 1 N–H and O–H groups in total. The monoisotopic (exact) mass is 456 g/mol. The minimum absolute atomic E-state index is 0.0773. The maximum Gasteiger partial charge on any atom is 0.242 e. The van der Waals surface area contributed by atoms with Crippen molar-refractivity contribution in [1.29, 1.82) is 0 Å². The molecule has 2 aromatic rings. The zero-order chi connectivity index (χ0) is 22.9. The molecule has 172 valence electrons. The van der Waals surface area contributed by atoms with Gasteiger partial charge in [0, 0.05) is 24.0 Å². The van der Waals surface area contributed by atoms with Crippen molar-refractivity contribution in [2.45, 2.75) is 71.0 Å². The summed E-state index contributed by atoms with van der Waals surface area (Å²) in [5.41, 5.74) is 2.01. The second kappa shape index (κ2) is 11.9. The number of ether oxygens (including phenoxy) is 1. The van der Waals surface area contributed by atoms with Crippen LogP contribution in [0.25, 0.3) is 0 Å². The van der Waals surface area contributed by atoms with Crippen molar-refractivity contribution in [3.63, 3.8) is 0 Å². The number of amides is 2. The lowest BCUT2D eigenvalue weighted by molar-refractivity contribution is -0.141. The van der Waals surface area contributed by atoms with Gasteiger partial charge in [-0.3, -0.25) is 9.59 Å². The van der Waals surface area contributed by atoms with Crippen LogP contribution in [0, 0.1) is 6.92 Å². The highest BCUT2D eigenvalue weighted by Gasteiger charge is 2.28. The fourth-order valence-corrected chi connectivity index (χ4v) is 4.17. The van der Waals surface area contributed by atoms with Gasteiger partial charge in [0.05, 0.1) is 6.61 Å². The Bertz CT molecular complexity index is 894. The normalized spacial score (nSPS) is 14.7. The molecule has 1 aliphatic carbocycles. The zero-order valence-electron chi connectivity index (χ0n) is 19.0. The van der Waals surface area contributed by atoms with Gasteiger partial charge in [-0.25, -0.2) is 0 Å². The second-order valence-corrected chi connectivity index (χ2v) is 8.95. The average Bonchev–Trinajstić information content (AvgIpc) is 3.30. The molecule has 3 rings (SSSR count). The molecule has 0 saturated heterocycles. The topological polar surface area (TPSA) is 58.6 Å². The Morgan fingerprint density at radius 1 is 1.12 bits per heavy atom. The Balaban J connectivity index is 1.60. The first-order valence-electron chi connectivity index (χ1n) is 11.5. The number of benzene rings is 2. The lowest BCUT2D eigenvalue weighted by atomic mass is 10.1. The van der Waals surface area contributed by atoms with E-state index >= 15 is 0 Å². The fourth-order valence-electron chi connectivity index (χ4n) is 3.98. The van der Waals surface area contributed by atoms with Gasteiger partial charge in [-0.05, 0) is 56.9 Å². The molecule has 0 heterocycles. The number of halogens is 1. The van der Waals surface area contributed by atoms with Crippen LogP contribution in [0.2, 0.25) is 5.02 Å². The predicted octanol–water partition coefficient (Wildman–Crippen LogP) is 5.28. The molecule has 5 nitrogen and oxygen atoms in total.